The highest BCUT2D eigenvalue weighted by Gasteiger charge is 2.23. The van der Waals surface area contributed by atoms with Gasteiger partial charge in [0.25, 0.3) is 0 Å². The molecule has 0 amide bonds. The molecule has 2 aromatic heterocycles. The van der Waals surface area contributed by atoms with Crippen molar-refractivity contribution in [2.45, 2.75) is 22.9 Å². The third kappa shape index (κ3) is 4.70. The number of anilines is 1. The van der Waals surface area contributed by atoms with Crippen LogP contribution < -0.4 is 5.32 Å². The van der Waals surface area contributed by atoms with Crippen molar-refractivity contribution in [3.05, 3.63) is 64.5 Å². The molecule has 26 heavy (non-hydrogen) atoms. The van der Waals surface area contributed by atoms with Crippen LogP contribution in [0.3, 0.4) is 0 Å². The van der Waals surface area contributed by atoms with Crippen molar-refractivity contribution in [3.63, 3.8) is 0 Å². The summed E-state index contributed by atoms with van der Waals surface area (Å²) in [6.07, 6.45) is 7.41. The third-order valence-electron chi connectivity index (χ3n) is 3.44. The Kier molecular flexibility index (Phi) is 6.03. The van der Waals surface area contributed by atoms with E-state index in [1.807, 2.05) is 10.8 Å². The molecule has 0 unspecified atom stereocenters. The van der Waals surface area contributed by atoms with Crippen molar-refractivity contribution in [2.75, 3.05) is 11.9 Å². The zero-order valence-corrected chi connectivity index (χ0v) is 15.2. The van der Waals surface area contributed by atoms with Gasteiger partial charge < -0.3 is 9.88 Å². The molecule has 10 heteroatoms. The van der Waals surface area contributed by atoms with Crippen LogP contribution in [-0.2, 0) is 6.54 Å². The molecule has 0 aliphatic carbocycles. The van der Waals surface area contributed by atoms with E-state index in [2.05, 4.69) is 20.3 Å². The fourth-order valence-electron chi connectivity index (χ4n) is 2.23. The van der Waals surface area contributed by atoms with E-state index < -0.39 is 4.92 Å². The number of benzene rings is 1. The Labute approximate surface area is 158 Å². The van der Waals surface area contributed by atoms with Crippen LogP contribution in [0, 0.1) is 10.1 Å². The van der Waals surface area contributed by atoms with Crippen molar-refractivity contribution in [2.24, 2.45) is 0 Å². The van der Waals surface area contributed by atoms with Crippen LogP contribution in [-0.4, -0.2) is 31.0 Å². The Morgan fingerprint density at radius 3 is 2.77 bits per heavy atom. The first-order valence-electron chi connectivity index (χ1n) is 7.76. The highest BCUT2D eigenvalue weighted by molar-refractivity contribution is 7.99. The predicted molar refractivity (Wildman–Crippen MR) is 99.6 cm³/mol. The van der Waals surface area contributed by atoms with Gasteiger partial charge in [-0.05, 0) is 30.7 Å². The largest absolute Gasteiger partial charge is 0.364 e. The van der Waals surface area contributed by atoms with E-state index in [9.17, 15) is 10.1 Å². The average molecular weight is 391 g/mol. The van der Waals surface area contributed by atoms with Crippen LogP contribution >= 0.6 is 23.4 Å². The Hall–Kier alpha value is -2.65. The minimum absolute atomic E-state index is 0.130. The minimum atomic E-state index is -0.462. The first kappa shape index (κ1) is 18.2. The van der Waals surface area contributed by atoms with Crippen molar-refractivity contribution >= 4 is 34.9 Å². The third-order valence-corrected chi connectivity index (χ3v) is 4.70. The second-order valence-corrected chi connectivity index (χ2v) is 6.77. The number of hydrogen-bond acceptors (Lipinski definition) is 7. The van der Waals surface area contributed by atoms with Crippen molar-refractivity contribution < 1.29 is 4.92 Å². The number of rotatable bonds is 8. The Morgan fingerprint density at radius 1 is 1.27 bits per heavy atom. The maximum Gasteiger partial charge on any atom is 0.343 e. The van der Waals surface area contributed by atoms with E-state index in [1.165, 1.54) is 18.1 Å². The number of nitro groups is 1. The molecule has 0 fully saturated rings. The number of imidazole rings is 1. The smallest absolute Gasteiger partial charge is 0.343 e. The van der Waals surface area contributed by atoms with Crippen LogP contribution in [0.2, 0.25) is 5.02 Å². The van der Waals surface area contributed by atoms with Gasteiger partial charge in [0.05, 0.1) is 11.3 Å². The number of nitrogens with one attached hydrogen (secondary N) is 1. The van der Waals surface area contributed by atoms with Gasteiger partial charge in [-0.1, -0.05) is 23.4 Å². The number of aryl methyl sites for hydroxylation is 1. The SMILES string of the molecule is O=[N+]([O-])c1c(NCCCn2ccnc2)ncnc1Sc1ccc(Cl)cc1. The summed E-state index contributed by atoms with van der Waals surface area (Å²) in [5.74, 6) is 0.215. The molecule has 0 atom stereocenters. The molecule has 0 radical (unpaired) electrons. The zero-order valence-electron chi connectivity index (χ0n) is 13.6. The number of nitrogens with zero attached hydrogens (tertiary/aromatic N) is 5. The Morgan fingerprint density at radius 2 is 2.08 bits per heavy atom. The summed E-state index contributed by atoms with van der Waals surface area (Å²) in [5.41, 5.74) is -0.130. The fraction of sp³-hybridized carbons (Fsp3) is 0.188. The molecule has 0 saturated heterocycles. The highest BCUT2D eigenvalue weighted by atomic mass is 35.5. The topological polar surface area (TPSA) is 98.8 Å². The summed E-state index contributed by atoms with van der Waals surface area (Å²) in [4.78, 5) is 24.0. The van der Waals surface area contributed by atoms with Crippen LogP contribution in [0.25, 0.3) is 0 Å². The lowest BCUT2D eigenvalue weighted by atomic mass is 10.4. The molecular formula is C16H15ClN6O2S. The second-order valence-electron chi connectivity index (χ2n) is 5.27. The number of halogens is 1. The highest BCUT2D eigenvalue weighted by Crippen LogP contribution is 2.36. The van der Waals surface area contributed by atoms with Gasteiger partial charge in [-0.25, -0.2) is 15.0 Å². The number of hydrogen-bond donors (Lipinski definition) is 1. The van der Waals surface area contributed by atoms with Crippen molar-refractivity contribution in [3.8, 4) is 0 Å². The minimum Gasteiger partial charge on any atom is -0.364 e. The summed E-state index contributed by atoms with van der Waals surface area (Å²) in [6, 6.07) is 7.03. The molecule has 2 heterocycles. The molecule has 1 aromatic carbocycles. The summed E-state index contributed by atoms with van der Waals surface area (Å²) in [6.45, 7) is 1.30. The molecule has 0 aliphatic rings. The first-order valence-corrected chi connectivity index (χ1v) is 8.95. The molecule has 3 rings (SSSR count). The van der Waals surface area contributed by atoms with Crippen molar-refractivity contribution in [1.82, 2.24) is 19.5 Å². The van der Waals surface area contributed by atoms with Gasteiger partial charge in [-0.15, -0.1) is 0 Å². The average Bonchev–Trinajstić information content (AvgIpc) is 3.14. The molecule has 0 saturated carbocycles. The van der Waals surface area contributed by atoms with Crippen LogP contribution in [0.4, 0.5) is 11.5 Å². The fourth-order valence-corrected chi connectivity index (χ4v) is 3.22. The van der Waals surface area contributed by atoms with Gasteiger partial charge in [0.15, 0.2) is 5.03 Å². The van der Waals surface area contributed by atoms with E-state index in [0.717, 1.165) is 17.9 Å². The van der Waals surface area contributed by atoms with Crippen LogP contribution in [0.15, 0.2) is 59.2 Å². The van der Waals surface area contributed by atoms with Gasteiger partial charge in [0.2, 0.25) is 5.82 Å². The molecule has 0 bridgehead atoms. The molecule has 1 N–H and O–H groups in total. The lowest BCUT2D eigenvalue weighted by Crippen LogP contribution is -2.10. The normalized spacial score (nSPS) is 10.7. The maximum atomic E-state index is 11.5. The number of aromatic nitrogens is 4. The zero-order chi connectivity index (χ0) is 18.4. The molecule has 134 valence electrons. The van der Waals surface area contributed by atoms with Crippen LogP contribution in [0.5, 0.6) is 0 Å². The van der Waals surface area contributed by atoms with Gasteiger partial charge in [-0.2, -0.15) is 0 Å². The van der Waals surface area contributed by atoms with Crippen LogP contribution in [0.1, 0.15) is 6.42 Å². The van der Waals surface area contributed by atoms with Gasteiger partial charge in [0.1, 0.15) is 6.33 Å². The summed E-state index contributed by atoms with van der Waals surface area (Å²) < 4.78 is 1.94. The van der Waals surface area contributed by atoms with E-state index >= 15 is 0 Å². The Bertz CT molecular complexity index is 873. The standard InChI is InChI=1S/C16H15ClN6O2S/c17-12-2-4-13(5-3-12)26-16-14(23(24)25)15(20-10-21-16)19-6-1-8-22-9-7-18-11-22/h2-5,7,9-11H,1,6,8H2,(H,19,20,21). The monoisotopic (exact) mass is 390 g/mol. The summed E-state index contributed by atoms with van der Waals surface area (Å²) in [5, 5.41) is 15.5. The van der Waals surface area contributed by atoms with E-state index in [1.54, 1.807) is 36.8 Å². The van der Waals surface area contributed by atoms with Crippen molar-refractivity contribution in [1.29, 1.82) is 0 Å². The van der Waals surface area contributed by atoms with E-state index in [-0.39, 0.29) is 16.5 Å². The maximum absolute atomic E-state index is 11.5. The molecular weight excluding hydrogens is 376 g/mol. The molecule has 0 aliphatic heterocycles. The van der Waals surface area contributed by atoms with E-state index in [4.69, 9.17) is 11.6 Å². The van der Waals surface area contributed by atoms with Gasteiger partial charge in [-0.3, -0.25) is 10.1 Å². The molecule has 0 spiro atoms. The van der Waals surface area contributed by atoms with Gasteiger partial charge in [0, 0.05) is 35.4 Å². The molecule has 3 aromatic rings. The lowest BCUT2D eigenvalue weighted by molar-refractivity contribution is -0.387. The molecule has 8 nitrogen and oxygen atoms in total. The lowest BCUT2D eigenvalue weighted by Gasteiger charge is -2.08. The predicted octanol–water partition coefficient (Wildman–Crippen LogP) is 3.89. The Balaban J connectivity index is 1.70. The second kappa shape index (κ2) is 8.63. The quantitative estimate of drug-likeness (QED) is 0.269. The van der Waals surface area contributed by atoms with E-state index in [0.29, 0.717) is 11.6 Å². The summed E-state index contributed by atoms with van der Waals surface area (Å²) in [7, 11) is 0. The van der Waals surface area contributed by atoms with Gasteiger partial charge >= 0.3 is 5.69 Å². The first-order chi connectivity index (χ1) is 12.6. The summed E-state index contributed by atoms with van der Waals surface area (Å²) >= 11 is 7.07.